The van der Waals surface area contributed by atoms with Gasteiger partial charge in [0, 0.05) is 45.1 Å². The molecule has 0 aliphatic carbocycles. The Morgan fingerprint density at radius 1 is 1.04 bits per heavy atom. The van der Waals surface area contributed by atoms with Crippen molar-refractivity contribution in [2.45, 2.75) is 20.0 Å². The third kappa shape index (κ3) is 3.25. The highest BCUT2D eigenvalue weighted by Crippen LogP contribution is 2.11. The van der Waals surface area contributed by atoms with Crippen LogP contribution in [0.5, 0.6) is 0 Å². The predicted molar refractivity (Wildman–Crippen MR) is 84.8 cm³/mol. The standard InChI is InChI=1S/C16H20N6O/c1-13-17-16(23-19-13)12-21-8-6-20(7-9-21)10-14-11-22-5-3-2-4-15(22)18-14/h2-5,11H,6-10,12H2,1H3. The SMILES string of the molecule is Cc1noc(CN2CCN(Cc3cn4ccccc4n3)CC2)n1. The van der Waals surface area contributed by atoms with Gasteiger partial charge in [-0.1, -0.05) is 11.2 Å². The number of nitrogens with zero attached hydrogens (tertiary/aromatic N) is 6. The summed E-state index contributed by atoms with van der Waals surface area (Å²) in [6.07, 6.45) is 4.15. The average Bonchev–Trinajstić information content (AvgIpc) is 3.14. The molecule has 0 unspecified atom stereocenters. The molecule has 1 aliphatic rings. The van der Waals surface area contributed by atoms with Crippen molar-refractivity contribution < 1.29 is 4.52 Å². The molecule has 0 bridgehead atoms. The van der Waals surface area contributed by atoms with Crippen molar-refractivity contribution in [3.05, 3.63) is 48.0 Å². The Morgan fingerprint density at radius 2 is 1.83 bits per heavy atom. The molecule has 0 atom stereocenters. The van der Waals surface area contributed by atoms with Gasteiger partial charge in [0.25, 0.3) is 0 Å². The lowest BCUT2D eigenvalue weighted by molar-refractivity contribution is 0.111. The number of imidazole rings is 1. The summed E-state index contributed by atoms with van der Waals surface area (Å²) in [5, 5.41) is 3.84. The second kappa shape index (κ2) is 6.10. The summed E-state index contributed by atoms with van der Waals surface area (Å²) in [5.74, 6) is 1.40. The Morgan fingerprint density at radius 3 is 2.52 bits per heavy atom. The topological polar surface area (TPSA) is 62.7 Å². The van der Waals surface area contributed by atoms with Crippen molar-refractivity contribution in [2.24, 2.45) is 0 Å². The van der Waals surface area contributed by atoms with Crippen molar-refractivity contribution >= 4 is 5.65 Å². The smallest absolute Gasteiger partial charge is 0.240 e. The summed E-state index contributed by atoms with van der Waals surface area (Å²) in [7, 11) is 0. The van der Waals surface area contributed by atoms with Crippen LogP contribution in [-0.4, -0.2) is 55.5 Å². The minimum atomic E-state index is 0.700. The van der Waals surface area contributed by atoms with Gasteiger partial charge in [0.05, 0.1) is 12.2 Å². The van der Waals surface area contributed by atoms with Crippen LogP contribution in [0.3, 0.4) is 0 Å². The zero-order chi connectivity index (χ0) is 15.6. The lowest BCUT2D eigenvalue weighted by Gasteiger charge is -2.33. The van der Waals surface area contributed by atoms with Gasteiger partial charge in [-0.3, -0.25) is 9.80 Å². The first-order valence-electron chi connectivity index (χ1n) is 7.93. The summed E-state index contributed by atoms with van der Waals surface area (Å²) in [6.45, 7) is 7.56. The van der Waals surface area contributed by atoms with Gasteiger partial charge >= 0.3 is 0 Å². The van der Waals surface area contributed by atoms with Gasteiger partial charge in [0.2, 0.25) is 5.89 Å². The molecule has 0 saturated carbocycles. The number of rotatable bonds is 4. The van der Waals surface area contributed by atoms with E-state index in [0.29, 0.717) is 11.7 Å². The number of piperazine rings is 1. The Hall–Kier alpha value is -2.25. The summed E-state index contributed by atoms with van der Waals surface area (Å²) in [5.41, 5.74) is 2.13. The molecule has 4 rings (SSSR count). The highest BCUT2D eigenvalue weighted by molar-refractivity contribution is 5.39. The first kappa shape index (κ1) is 14.3. The van der Waals surface area contributed by atoms with E-state index in [-0.39, 0.29) is 0 Å². The lowest BCUT2D eigenvalue weighted by Crippen LogP contribution is -2.45. The molecule has 3 aromatic heterocycles. The van der Waals surface area contributed by atoms with Crippen molar-refractivity contribution in [1.82, 2.24) is 29.3 Å². The quantitative estimate of drug-likeness (QED) is 0.724. The molecule has 4 heterocycles. The Balaban J connectivity index is 1.32. The van der Waals surface area contributed by atoms with Gasteiger partial charge in [0.1, 0.15) is 5.65 Å². The van der Waals surface area contributed by atoms with Crippen molar-refractivity contribution in [3.63, 3.8) is 0 Å². The second-order valence-corrected chi connectivity index (χ2v) is 5.99. The molecule has 23 heavy (non-hydrogen) atoms. The van der Waals surface area contributed by atoms with Gasteiger partial charge in [-0.05, 0) is 19.1 Å². The number of hydrogen-bond donors (Lipinski definition) is 0. The van der Waals surface area contributed by atoms with E-state index in [1.807, 2.05) is 31.3 Å². The van der Waals surface area contributed by atoms with Crippen LogP contribution in [0.15, 0.2) is 35.1 Å². The van der Waals surface area contributed by atoms with Crippen molar-refractivity contribution in [3.8, 4) is 0 Å². The predicted octanol–water partition coefficient (Wildman–Crippen LogP) is 1.34. The summed E-state index contributed by atoms with van der Waals surface area (Å²) >= 11 is 0. The van der Waals surface area contributed by atoms with Crippen LogP contribution in [-0.2, 0) is 13.1 Å². The van der Waals surface area contributed by atoms with Crippen molar-refractivity contribution in [2.75, 3.05) is 26.2 Å². The van der Waals surface area contributed by atoms with Crippen LogP contribution < -0.4 is 0 Å². The Bertz CT molecular complexity index is 754. The molecule has 3 aromatic rings. The fourth-order valence-electron chi connectivity index (χ4n) is 2.99. The van der Waals surface area contributed by atoms with Crippen LogP contribution >= 0.6 is 0 Å². The molecular formula is C16H20N6O. The normalized spacial score (nSPS) is 17.1. The molecule has 0 aromatic carbocycles. The van der Waals surface area contributed by atoms with Gasteiger partial charge in [0.15, 0.2) is 5.82 Å². The maximum absolute atomic E-state index is 5.19. The largest absolute Gasteiger partial charge is 0.338 e. The molecule has 120 valence electrons. The number of aromatic nitrogens is 4. The fourth-order valence-corrected chi connectivity index (χ4v) is 2.99. The van der Waals surface area contributed by atoms with Crippen LogP contribution in [0.25, 0.3) is 5.65 Å². The van der Waals surface area contributed by atoms with E-state index in [0.717, 1.165) is 50.6 Å². The van der Waals surface area contributed by atoms with E-state index in [1.165, 1.54) is 0 Å². The molecule has 0 spiro atoms. The first-order valence-corrected chi connectivity index (χ1v) is 7.93. The molecule has 7 nitrogen and oxygen atoms in total. The van der Waals surface area contributed by atoms with E-state index in [4.69, 9.17) is 4.52 Å². The van der Waals surface area contributed by atoms with E-state index in [9.17, 15) is 0 Å². The first-order chi connectivity index (χ1) is 11.3. The van der Waals surface area contributed by atoms with Crippen molar-refractivity contribution in [1.29, 1.82) is 0 Å². The monoisotopic (exact) mass is 312 g/mol. The summed E-state index contributed by atoms with van der Waals surface area (Å²) in [4.78, 5) is 13.7. The molecule has 0 radical (unpaired) electrons. The van der Waals surface area contributed by atoms with E-state index in [2.05, 4.69) is 35.5 Å². The lowest BCUT2D eigenvalue weighted by atomic mass is 10.3. The second-order valence-electron chi connectivity index (χ2n) is 5.99. The van der Waals surface area contributed by atoms with E-state index in [1.54, 1.807) is 0 Å². The van der Waals surface area contributed by atoms with Gasteiger partial charge < -0.3 is 8.92 Å². The highest BCUT2D eigenvalue weighted by atomic mass is 16.5. The van der Waals surface area contributed by atoms with Gasteiger partial charge in [-0.25, -0.2) is 4.98 Å². The minimum Gasteiger partial charge on any atom is -0.338 e. The molecule has 1 saturated heterocycles. The maximum atomic E-state index is 5.19. The zero-order valence-electron chi connectivity index (χ0n) is 13.2. The van der Waals surface area contributed by atoms with Gasteiger partial charge in [-0.15, -0.1) is 0 Å². The van der Waals surface area contributed by atoms with E-state index >= 15 is 0 Å². The van der Waals surface area contributed by atoms with Crippen LogP contribution in [0, 0.1) is 6.92 Å². The molecule has 0 N–H and O–H groups in total. The number of hydrogen-bond acceptors (Lipinski definition) is 6. The number of pyridine rings is 1. The highest BCUT2D eigenvalue weighted by Gasteiger charge is 2.19. The Labute approximate surface area is 134 Å². The summed E-state index contributed by atoms with van der Waals surface area (Å²) in [6, 6.07) is 6.08. The zero-order valence-corrected chi connectivity index (χ0v) is 13.2. The maximum Gasteiger partial charge on any atom is 0.240 e. The average molecular weight is 312 g/mol. The van der Waals surface area contributed by atoms with Crippen LogP contribution in [0.4, 0.5) is 0 Å². The third-order valence-corrected chi connectivity index (χ3v) is 4.19. The van der Waals surface area contributed by atoms with Gasteiger partial charge in [-0.2, -0.15) is 4.98 Å². The number of aryl methyl sites for hydroxylation is 1. The number of fused-ring (bicyclic) bond motifs is 1. The molecule has 1 fully saturated rings. The van der Waals surface area contributed by atoms with E-state index < -0.39 is 0 Å². The summed E-state index contributed by atoms with van der Waals surface area (Å²) < 4.78 is 7.27. The third-order valence-electron chi connectivity index (χ3n) is 4.19. The molecular weight excluding hydrogens is 292 g/mol. The van der Waals surface area contributed by atoms with Crippen LogP contribution in [0.1, 0.15) is 17.4 Å². The van der Waals surface area contributed by atoms with Crippen LogP contribution in [0.2, 0.25) is 0 Å². The molecule has 1 aliphatic heterocycles. The molecule has 7 heteroatoms. The minimum absolute atomic E-state index is 0.700. The fraction of sp³-hybridized carbons (Fsp3) is 0.438. The Kier molecular flexibility index (Phi) is 3.80. The molecule has 0 amide bonds.